The number of hydrogen-bond acceptors (Lipinski definition) is 5. The fourth-order valence-corrected chi connectivity index (χ4v) is 6.14. The number of hydrogen-bond donors (Lipinski definition) is 2. The lowest BCUT2D eigenvalue weighted by Crippen LogP contribution is -2.29. The summed E-state index contributed by atoms with van der Waals surface area (Å²) in [5.41, 5.74) is 5.06. The molecule has 7 heteroatoms. The lowest BCUT2D eigenvalue weighted by atomic mass is 9.81. The number of carbonyl (C=O) groups is 1. The lowest BCUT2D eigenvalue weighted by Gasteiger charge is -2.36. The summed E-state index contributed by atoms with van der Waals surface area (Å²) in [6, 6.07) is 20.3. The van der Waals surface area contributed by atoms with Gasteiger partial charge >= 0.3 is 0 Å². The Morgan fingerprint density at radius 1 is 1.06 bits per heavy atom. The Balaban J connectivity index is 1.44. The molecule has 0 aliphatic carbocycles. The minimum atomic E-state index is -3.74. The molecule has 0 amide bonds. The van der Waals surface area contributed by atoms with Crippen LogP contribution >= 0.6 is 0 Å². The highest BCUT2D eigenvalue weighted by Crippen LogP contribution is 2.50. The van der Waals surface area contributed by atoms with Crippen LogP contribution < -0.4 is 10.0 Å². The van der Waals surface area contributed by atoms with Crippen LogP contribution in [0.1, 0.15) is 59.5 Å². The largest absolute Gasteiger partial charge is 0.378 e. The summed E-state index contributed by atoms with van der Waals surface area (Å²) >= 11 is 0. The molecule has 0 saturated carbocycles. The molecule has 3 aromatic rings. The maximum atomic E-state index is 13.1. The SMILES string of the molecule is Cc1cccc(NS(=O)(=O)c2ccc3c(c2)C2OCC[C@H]2C(c2ccc(C(=O)C(C)C)cc2)N3)c1. The van der Waals surface area contributed by atoms with E-state index in [0.29, 0.717) is 12.3 Å². The Bertz CT molecular complexity index is 1370. The Morgan fingerprint density at radius 3 is 2.54 bits per heavy atom. The molecular weight excluding hydrogens is 460 g/mol. The summed E-state index contributed by atoms with van der Waals surface area (Å²) < 4.78 is 35.0. The summed E-state index contributed by atoms with van der Waals surface area (Å²) in [5, 5.41) is 3.61. The molecule has 2 aliphatic heterocycles. The number of Topliss-reactive ketones (excluding diaryl/α,β-unsaturated/α-hetero) is 1. The van der Waals surface area contributed by atoms with Crippen molar-refractivity contribution >= 4 is 27.2 Å². The quantitative estimate of drug-likeness (QED) is 0.422. The van der Waals surface area contributed by atoms with E-state index in [9.17, 15) is 13.2 Å². The minimum absolute atomic E-state index is 0.0195. The van der Waals surface area contributed by atoms with Gasteiger partial charge in [-0.15, -0.1) is 0 Å². The third-order valence-electron chi connectivity index (χ3n) is 6.87. The van der Waals surface area contributed by atoms with E-state index in [4.69, 9.17) is 4.74 Å². The van der Waals surface area contributed by atoms with Crippen molar-refractivity contribution < 1.29 is 17.9 Å². The maximum Gasteiger partial charge on any atom is 0.261 e. The molecule has 2 aliphatic rings. The van der Waals surface area contributed by atoms with Crippen LogP contribution in [0.15, 0.2) is 71.6 Å². The molecule has 1 fully saturated rings. The van der Waals surface area contributed by atoms with Gasteiger partial charge in [-0.05, 0) is 54.8 Å². The zero-order chi connectivity index (χ0) is 24.7. The first kappa shape index (κ1) is 23.6. The molecule has 0 aromatic heterocycles. The van der Waals surface area contributed by atoms with Crippen molar-refractivity contribution in [1.29, 1.82) is 0 Å². The van der Waals surface area contributed by atoms with E-state index in [1.165, 1.54) is 0 Å². The van der Waals surface area contributed by atoms with Crippen molar-refractivity contribution in [3.8, 4) is 0 Å². The van der Waals surface area contributed by atoms with Crippen LogP contribution in [-0.2, 0) is 14.8 Å². The van der Waals surface area contributed by atoms with Gasteiger partial charge in [0.05, 0.1) is 17.0 Å². The van der Waals surface area contributed by atoms with Gasteiger partial charge in [0.15, 0.2) is 5.78 Å². The van der Waals surface area contributed by atoms with E-state index in [0.717, 1.165) is 34.4 Å². The molecule has 2 heterocycles. The summed E-state index contributed by atoms with van der Waals surface area (Å²) in [5.74, 6) is 0.254. The van der Waals surface area contributed by atoms with Gasteiger partial charge < -0.3 is 10.1 Å². The molecule has 6 nitrogen and oxygen atoms in total. The molecule has 182 valence electrons. The molecule has 2 unspecified atom stereocenters. The number of ether oxygens (including phenoxy) is 1. The highest BCUT2D eigenvalue weighted by molar-refractivity contribution is 7.92. The average molecular weight is 491 g/mol. The van der Waals surface area contributed by atoms with Gasteiger partial charge in [0.1, 0.15) is 0 Å². The molecule has 0 radical (unpaired) electrons. The summed E-state index contributed by atoms with van der Waals surface area (Å²) in [7, 11) is -3.74. The van der Waals surface area contributed by atoms with Crippen molar-refractivity contribution in [1.82, 2.24) is 0 Å². The zero-order valence-corrected chi connectivity index (χ0v) is 20.9. The number of aryl methyl sites for hydroxylation is 1. The van der Waals surface area contributed by atoms with Gasteiger partial charge in [-0.2, -0.15) is 0 Å². The summed E-state index contributed by atoms with van der Waals surface area (Å²) in [6.45, 7) is 6.35. The van der Waals surface area contributed by atoms with Gasteiger partial charge in [0.2, 0.25) is 0 Å². The van der Waals surface area contributed by atoms with E-state index in [1.807, 2.05) is 63.2 Å². The van der Waals surface area contributed by atoms with Gasteiger partial charge in [0, 0.05) is 40.9 Å². The number of benzene rings is 3. The normalized spacial score (nSPS) is 21.2. The predicted octanol–water partition coefficient (Wildman–Crippen LogP) is 5.88. The van der Waals surface area contributed by atoms with Crippen molar-refractivity contribution in [3.05, 3.63) is 89.0 Å². The Kier molecular flexibility index (Phi) is 6.15. The number of anilines is 2. The Labute approximate surface area is 206 Å². The summed E-state index contributed by atoms with van der Waals surface area (Å²) in [6.07, 6.45) is 0.676. The number of rotatable bonds is 6. The first-order chi connectivity index (χ1) is 16.7. The highest BCUT2D eigenvalue weighted by atomic mass is 32.2. The highest BCUT2D eigenvalue weighted by Gasteiger charge is 2.42. The predicted molar refractivity (Wildman–Crippen MR) is 137 cm³/mol. The molecular formula is C28H30N2O4S. The molecule has 3 atom stereocenters. The zero-order valence-electron chi connectivity index (χ0n) is 20.1. The fourth-order valence-electron chi connectivity index (χ4n) is 5.06. The minimum Gasteiger partial charge on any atom is -0.378 e. The third kappa shape index (κ3) is 4.58. The first-order valence-electron chi connectivity index (χ1n) is 12.0. The molecule has 5 rings (SSSR count). The number of nitrogens with one attached hydrogen (secondary N) is 2. The van der Waals surface area contributed by atoms with E-state index in [2.05, 4.69) is 10.0 Å². The number of sulfonamides is 1. The summed E-state index contributed by atoms with van der Waals surface area (Å²) in [4.78, 5) is 12.5. The van der Waals surface area contributed by atoms with Gasteiger partial charge in [-0.3, -0.25) is 9.52 Å². The van der Waals surface area contributed by atoms with Crippen LogP contribution in [0.3, 0.4) is 0 Å². The van der Waals surface area contributed by atoms with E-state index >= 15 is 0 Å². The molecule has 2 N–H and O–H groups in total. The smallest absolute Gasteiger partial charge is 0.261 e. The lowest BCUT2D eigenvalue weighted by molar-refractivity contribution is 0.0827. The second-order valence-electron chi connectivity index (χ2n) is 9.73. The van der Waals surface area contributed by atoms with E-state index in [-0.39, 0.29) is 34.7 Å². The third-order valence-corrected chi connectivity index (χ3v) is 8.24. The monoisotopic (exact) mass is 490 g/mol. The van der Waals surface area contributed by atoms with Gasteiger partial charge in [-0.25, -0.2) is 8.42 Å². The van der Waals surface area contributed by atoms with Crippen molar-refractivity contribution in [3.63, 3.8) is 0 Å². The van der Waals surface area contributed by atoms with Gasteiger partial charge in [0.25, 0.3) is 10.0 Å². The second-order valence-corrected chi connectivity index (χ2v) is 11.4. The van der Waals surface area contributed by atoms with Gasteiger partial charge in [-0.1, -0.05) is 50.2 Å². The maximum absolute atomic E-state index is 13.1. The molecule has 0 spiro atoms. The topological polar surface area (TPSA) is 84.5 Å². The number of ketones is 1. The first-order valence-corrected chi connectivity index (χ1v) is 13.5. The van der Waals surface area contributed by atoms with Crippen molar-refractivity contribution in [2.75, 3.05) is 16.6 Å². The Hall–Kier alpha value is -3.16. The van der Waals surface area contributed by atoms with E-state index < -0.39 is 10.0 Å². The molecule has 35 heavy (non-hydrogen) atoms. The average Bonchev–Trinajstić information content (AvgIpc) is 3.33. The molecule has 1 saturated heterocycles. The van der Waals surface area contributed by atoms with E-state index in [1.54, 1.807) is 24.3 Å². The van der Waals surface area contributed by atoms with Crippen LogP contribution in [0.25, 0.3) is 0 Å². The molecule has 0 bridgehead atoms. The van der Waals surface area contributed by atoms with Crippen LogP contribution in [0.2, 0.25) is 0 Å². The fraction of sp³-hybridized carbons (Fsp3) is 0.321. The van der Waals surface area contributed by atoms with Crippen LogP contribution in [0.4, 0.5) is 11.4 Å². The number of fused-ring (bicyclic) bond motifs is 3. The van der Waals surface area contributed by atoms with Crippen molar-refractivity contribution in [2.45, 2.75) is 44.2 Å². The number of carbonyl (C=O) groups excluding carboxylic acids is 1. The Morgan fingerprint density at radius 2 is 1.83 bits per heavy atom. The van der Waals surface area contributed by atoms with Crippen LogP contribution in [0, 0.1) is 18.8 Å². The van der Waals surface area contributed by atoms with Crippen LogP contribution in [-0.4, -0.2) is 20.8 Å². The standard InChI is InChI=1S/C28H30N2O4S/c1-17(2)27(31)20-9-7-19(8-10-20)26-23-13-14-34-28(23)24-16-22(11-12-25(24)29-26)35(32,33)30-21-6-4-5-18(3)15-21/h4-12,15-17,23,26,28-30H,13-14H2,1-3H3/t23-,26?,28?/m0/s1. The van der Waals surface area contributed by atoms with Crippen LogP contribution in [0.5, 0.6) is 0 Å². The molecule has 3 aromatic carbocycles. The second kappa shape index (κ2) is 9.13. The van der Waals surface area contributed by atoms with Crippen molar-refractivity contribution in [2.24, 2.45) is 11.8 Å².